The number of benzene rings is 1. The summed E-state index contributed by atoms with van der Waals surface area (Å²) >= 11 is 0. The van der Waals surface area contributed by atoms with Gasteiger partial charge in [-0.1, -0.05) is 13.0 Å². The maximum absolute atomic E-state index is 12.1. The second kappa shape index (κ2) is 7.02. The van der Waals surface area contributed by atoms with Crippen LogP contribution in [-0.2, 0) is 14.8 Å². The van der Waals surface area contributed by atoms with E-state index in [9.17, 15) is 13.2 Å². The highest BCUT2D eigenvalue weighted by Crippen LogP contribution is 2.22. The Hall–Kier alpha value is -1.44. The van der Waals surface area contributed by atoms with E-state index in [1.807, 2.05) is 13.8 Å². The summed E-state index contributed by atoms with van der Waals surface area (Å²) in [5.74, 6) is -0.352. The van der Waals surface area contributed by atoms with Crippen molar-refractivity contribution in [3.8, 4) is 0 Å². The Kier molecular flexibility index (Phi) is 5.88. The lowest BCUT2D eigenvalue weighted by Crippen LogP contribution is -2.29. The molecule has 1 atom stereocenters. The van der Waals surface area contributed by atoms with Crippen molar-refractivity contribution in [1.29, 1.82) is 0 Å². The van der Waals surface area contributed by atoms with E-state index in [0.29, 0.717) is 12.2 Å². The zero-order chi connectivity index (χ0) is 16.2. The Balaban J connectivity index is 3.07. The molecule has 1 aromatic carbocycles. The summed E-state index contributed by atoms with van der Waals surface area (Å²) in [4.78, 5) is 12.2. The number of carbonyl (C=O) groups excluding carboxylic acids is 1. The zero-order valence-electron chi connectivity index (χ0n) is 13.1. The lowest BCUT2D eigenvalue weighted by Gasteiger charge is -2.16. The van der Waals surface area contributed by atoms with Gasteiger partial charge in [0.25, 0.3) is 0 Å². The van der Waals surface area contributed by atoms with Crippen molar-refractivity contribution in [3.05, 3.63) is 23.8 Å². The number of rotatable bonds is 6. The van der Waals surface area contributed by atoms with Crippen LogP contribution in [0.5, 0.6) is 0 Å². The van der Waals surface area contributed by atoms with Gasteiger partial charge in [-0.3, -0.25) is 4.79 Å². The van der Waals surface area contributed by atoms with E-state index in [0.717, 1.165) is 9.87 Å². The van der Waals surface area contributed by atoms with Crippen LogP contribution in [0.15, 0.2) is 23.1 Å². The van der Waals surface area contributed by atoms with Crippen LogP contribution in [0.4, 0.5) is 5.69 Å². The van der Waals surface area contributed by atoms with E-state index in [1.54, 1.807) is 13.1 Å². The molecule has 1 aromatic rings. The molecule has 0 saturated carbocycles. The van der Waals surface area contributed by atoms with Crippen LogP contribution in [0.25, 0.3) is 0 Å². The van der Waals surface area contributed by atoms with E-state index >= 15 is 0 Å². The van der Waals surface area contributed by atoms with Gasteiger partial charge in [0.05, 0.1) is 4.90 Å². The average molecular weight is 313 g/mol. The molecule has 0 radical (unpaired) electrons. The fourth-order valence-corrected chi connectivity index (χ4v) is 2.69. The molecule has 1 rings (SSSR count). The van der Waals surface area contributed by atoms with Crippen molar-refractivity contribution in [3.63, 3.8) is 0 Å². The molecule has 1 amide bonds. The molecule has 0 aliphatic heterocycles. The number of hydrogen-bond acceptors (Lipinski definition) is 4. The third kappa shape index (κ3) is 4.26. The van der Waals surface area contributed by atoms with Crippen molar-refractivity contribution in [2.24, 2.45) is 5.92 Å². The standard InChI is InChI=1S/C14H23N3O3S/c1-10-6-7-12(21(19,20)17(4)5)8-13(10)16-14(18)11(2)9-15-3/h6-8,11,15H,9H2,1-5H3,(H,16,18). The topological polar surface area (TPSA) is 78.5 Å². The first-order valence-electron chi connectivity index (χ1n) is 6.68. The van der Waals surface area contributed by atoms with E-state index in [-0.39, 0.29) is 16.7 Å². The summed E-state index contributed by atoms with van der Waals surface area (Å²) in [6.07, 6.45) is 0. The minimum absolute atomic E-state index is 0.146. The molecule has 21 heavy (non-hydrogen) atoms. The molecule has 118 valence electrons. The summed E-state index contributed by atoms with van der Waals surface area (Å²) in [6.45, 7) is 4.19. The largest absolute Gasteiger partial charge is 0.326 e. The van der Waals surface area contributed by atoms with Crippen molar-refractivity contribution < 1.29 is 13.2 Å². The normalized spacial score (nSPS) is 13.2. The van der Waals surface area contributed by atoms with Gasteiger partial charge in [0.2, 0.25) is 15.9 Å². The summed E-state index contributed by atoms with van der Waals surface area (Å²) in [6, 6.07) is 4.72. The average Bonchev–Trinajstić information content (AvgIpc) is 2.40. The Morgan fingerprint density at radius 2 is 1.95 bits per heavy atom. The number of anilines is 1. The first-order chi connectivity index (χ1) is 9.70. The molecule has 6 nitrogen and oxygen atoms in total. The van der Waals surface area contributed by atoms with Gasteiger partial charge >= 0.3 is 0 Å². The highest BCUT2D eigenvalue weighted by molar-refractivity contribution is 7.89. The number of nitrogens with zero attached hydrogens (tertiary/aromatic N) is 1. The van der Waals surface area contributed by atoms with Gasteiger partial charge in [0, 0.05) is 32.2 Å². The minimum atomic E-state index is -3.51. The molecule has 0 aliphatic carbocycles. The summed E-state index contributed by atoms with van der Waals surface area (Å²) in [7, 11) is 1.21. The summed E-state index contributed by atoms with van der Waals surface area (Å²) < 4.78 is 25.4. The van der Waals surface area contributed by atoms with E-state index in [4.69, 9.17) is 0 Å². The molecule has 0 fully saturated rings. The Bertz CT molecular complexity index is 612. The molecular formula is C14H23N3O3S. The predicted octanol–water partition coefficient (Wildman–Crippen LogP) is 1.04. The summed E-state index contributed by atoms with van der Waals surface area (Å²) in [5, 5.41) is 5.72. The number of hydrogen-bond donors (Lipinski definition) is 2. The van der Waals surface area contributed by atoms with Gasteiger partial charge in [-0.05, 0) is 31.7 Å². The molecule has 7 heteroatoms. The zero-order valence-corrected chi connectivity index (χ0v) is 13.9. The van der Waals surface area contributed by atoms with E-state index in [1.165, 1.54) is 26.2 Å². The smallest absolute Gasteiger partial charge is 0.242 e. The van der Waals surface area contributed by atoms with Crippen LogP contribution >= 0.6 is 0 Å². The molecule has 0 aromatic heterocycles. The molecule has 0 aliphatic rings. The molecule has 0 spiro atoms. The highest BCUT2D eigenvalue weighted by Gasteiger charge is 2.19. The van der Waals surface area contributed by atoms with Crippen LogP contribution in [0.3, 0.4) is 0 Å². The van der Waals surface area contributed by atoms with Crippen LogP contribution in [0.2, 0.25) is 0 Å². The van der Waals surface area contributed by atoms with Crippen LogP contribution < -0.4 is 10.6 Å². The van der Waals surface area contributed by atoms with Gasteiger partial charge in [-0.25, -0.2) is 12.7 Å². The highest BCUT2D eigenvalue weighted by atomic mass is 32.2. The predicted molar refractivity (Wildman–Crippen MR) is 83.8 cm³/mol. The van der Waals surface area contributed by atoms with Gasteiger partial charge in [-0.2, -0.15) is 0 Å². The second-order valence-corrected chi connectivity index (χ2v) is 7.36. The third-order valence-electron chi connectivity index (χ3n) is 3.20. The van der Waals surface area contributed by atoms with E-state index in [2.05, 4.69) is 10.6 Å². The molecule has 0 heterocycles. The van der Waals surface area contributed by atoms with Crippen molar-refractivity contribution in [2.75, 3.05) is 33.0 Å². The van der Waals surface area contributed by atoms with Crippen molar-refractivity contribution in [2.45, 2.75) is 18.7 Å². The quantitative estimate of drug-likeness (QED) is 0.822. The Labute approximate surface area is 126 Å². The summed E-state index contributed by atoms with van der Waals surface area (Å²) in [5.41, 5.74) is 1.34. The van der Waals surface area contributed by atoms with E-state index < -0.39 is 10.0 Å². The number of aryl methyl sites for hydroxylation is 1. The van der Waals surface area contributed by atoms with Crippen LogP contribution in [-0.4, -0.2) is 46.3 Å². The number of sulfonamides is 1. The van der Waals surface area contributed by atoms with Gasteiger partial charge in [0.15, 0.2) is 0 Å². The monoisotopic (exact) mass is 313 g/mol. The minimum Gasteiger partial charge on any atom is -0.326 e. The fraction of sp³-hybridized carbons (Fsp3) is 0.500. The number of nitrogens with one attached hydrogen (secondary N) is 2. The maximum Gasteiger partial charge on any atom is 0.242 e. The lowest BCUT2D eigenvalue weighted by atomic mass is 10.1. The lowest BCUT2D eigenvalue weighted by molar-refractivity contribution is -0.119. The molecule has 0 bridgehead atoms. The third-order valence-corrected chi connectivity index (χ3v) is 5.01. The second-order valence-electron chi connectivity index (χ2n) is 5.21. The molecule has 2 N–H and O–H groups in total. The van der Waals surface area contributed by atoms with Gasteiger partial charge in [0.1, 0.15) is 0 Å². The molecule has 1 unspecified atom stereocenters. The van der Waals surface area contributed by atoms with Gasteiger partial charge < -0.3 is 10.6 Å². The first kappa shape index (κ1) is 17.6. The maximum atomic E-state index is 12.1. The number of amides is 1. The van der Waals surface area contributed by atoms with Crippen molar-refractivity contribution >= 4 is 21.6 Å². The molecule has 0 saturated heterocycles. The molecular weight excluding hydrogens is 290 g/mol. The van der Waals surface area contributed by atoms with Gasteiger partial charge in [-0.15, -0.1) is 0 Å². The van der Waals surface area contributed by atoms with Crippen molar-refractivity contribution in [1.82, 2.24) is 9.62 Å². The fourth-order valence-electron chi connectivity index (χ4n) is 1.76. The Morgan fingerprint density at radius 3 is 2.48 bits per heavy atom. The first-order valence-corrected chi connectivity index (χ1v) is 8.12. The SMILES string of the molecule is CNCC(C)C(=O)Nc1cc(S(=O)(=O)N(C)C)ccc1C. The van der Waals surface area contributed by atoms with Crippen LogP contribution in [0.1, 0.15) is 12.5 Å². The van der Waals surface area contributed by atoms with Crippen LogP contribution in [0, 0.1) is 12.8 Å². The number of carbonyl (C=O) groups is 1. The Morgan fingerprint density at radius 1 is 1.33 bits per heavy atom.